The second-order valence-corrected chi connectivity index (χ2v) is 6.89. The van der Waals surface area contributed by atoms with E-state index in [1.807, 2.05) is 13.8 Å². The Morgan fingerprint density at radius 2 is 2.05 bits per heavy atom. The molecule has 1 heterocycles. The Morgan fingerprint density at radius 3 is 2.63 bits per heavy atom. The van der Waals surface area contributed by atoms with Gasteiger partial charge in [0.05, 0.1) is 4.90 Å². The van der Waals surface area contributed by atoms with Gasteiger partial charge in [0.2, 0.25) is 10.0 Å². The topological polar surface area (TPSA) is 63.4 Å². The van der Waals surface area contributed by atoms with E-state index in [0.29, 0.717) is 0 Å². The van der Waals surface area contributed by atoms with Crippen molar-refractivity contribution in [3.05, 3.63) is 24.0 Å². The molecule has 2 N–H and O–H groups in total. The quantitative estimate of drug-likeness (QED) is 0.868. The van der Waals surface area contributed by atoms with Crippen LogP contribution in [0.15, 0.2) is 23.1 Å². The number of hydrogen-bond donors (Lipinski definition) is 1. The highest BCUT2D eigenvalue weighted by atomic mass is 32.2. The summed E-state index contributed by atoms with van der Waals surface area (Å²) in [4.78, 5) is -0.0581. The van der Waals surface area contributed by atoms with Crippen molar-refractivity contribution in [1.82, 2.24) is 4.31 Å². The SMILES string of the molecule is CCC1CCC(C)N1S(=O)(=O)c1cc(N)cc(F)c1. The van der Waals surface area contributed by atoms with Gasteiger partial charge < -0.3 is 5.73 Å². The lowest BCUT2D eigenvalue weighted by Crippen LogP contribution is -2.39. The summed E-state index contributed by atoms with van der Waals surface area (Å²) in [5.41, 5.74) is 5.66. The summed E-state index contributed by atoms with van der Waals surface area (Å²) in [5, 5.41) is 0. The Hall–Kier alpha value is -1.14. The molecule has 0 aromatic heterocycles. The van der Waals surface area contributed by atoms with Crippen LogP contribution in [-0.4, -0.2) is 24.8 Å². The van der Waals surface area contributed by atoms with Gasteiger partial charge in [-0.05, 0) is 44.4 Å². The molecule has 106 valence electrons. The lowest BCUT2D eigenvalue weighted by molar-refractivity contribution is 0.328. The standard InChI is InChI=1S/C13H19FN2O2S/c1-3-12-5-4-9(2)16(12)19(17,18)13-7-10(14)6-11(15)8-13/h6-9,12H,3-5,15H2,1-2H3. The van der Waals surface area contributed by atoms with Gasteiger partial charge in [0.25, 0.3) is 0 Å². The van der Waals surface area contributed by atoms with Crippen LogP contribution in [0.2, 0.25) is 0 Å². The summed E-state index contributed by atoms with van der Waals surface area (Å²) in [6, 6.07) is 3.40. The van der Waals surface area contributed by atoms with E-state index in [1.54, 1.807) is 0 Å². The average Bonchev–Trinajstić information content (AvgIpc) is 2.69. The van der Waals surface area contributed by atoms with Crippen LogP contribution < -0.4 is 5.73 Å². The molecular formula is C13H19FN2O2S. The summed E-state index contributed by atoms with van der Waals surface area (Å²) >= 11 is 0. The van der Waals surface area contributed by atoms with Gasteiger partial charge in [0.15, 0.2) is 0 Å². The van der Waals surface area contributed by atoms with E-state index in [4.69, 9.17) is 5.73 Å². The minimum atomic E-state index is -3.68. The minimum absolute atomic E-state index is 0.00973. The highest BCUT2D eigenvalue weighted by Gasteiger charge is 2.39. The fraction of sp³-hybridized carbons (Fsp3) is 0.538. The Kier molecular flexibility index (Phi) is 3.82. The van der Waals surface area contributed by atoms with Gasteiger partial charge in [-0.3, -0.25) is 0 Å². The summed E-state index contributed by atoms with van der Waals surface area (Å²) in [5.74, 6) is -0.626. The molecule has 1 aromatic rings. The number of nitrogens with two attached hydrogens (primary N) is 1. The van der Waals surface area contributed by atoms with E-state index >= 15 is 0 Å². The second-order valence-electron chi connectivity index (χ2n) is 5.04. The van der Waals surface area contributed by atoms with E-state index in [9.17, 15) is 12.8 Å². The molecule has 1 aromatic carbocycles. The van der Waals surface area contributed by atoms with Crippen molar-refractivity contribution in [3.63, 3.8) is 0 Å². The normalized spacial score (nSPS) is 24.8. The number of nitrogens with zero attached hydrogens (tertiary/aromatic N) is 1. The molecule has 2 unspecified atom stereocenters. The van der Waals surface area contributed by atoms with Crippen LogP contribution in [0, 0.1) is 5.82 Å². The number of anilines is 1. The largest absolute Gasteiger partial charge is 0.399 e. The Morgan fingerprint density at radius 1 is 1.37 bits per heavy atom. The predicted octanol–water partition coefficient (Wildman–Crippen LogP) is 2.36. The Labute approximate surface area is 113 Å². The molecule has 0 radical (unpaired) electrons. The molecule has 0 amide bonds. The number of benzene rings is 1. The molecule has 2 atom stereocenters. The van der Waals surface area contributed by atoms with Gasteiger partial charge >= 0.3 is 0 Å². The fourth-order valence-electron chi connectivity index (χ4n) is 2.72. The van der Waals surface area contributed by atoms with Crippen molar-refractivity contribution in [1.29, 1.82) is 0 Å². The summed E-state index contributed by atoms with van der Waals surface area (Å²) in [7, 11) is -3.68. The summed E-state index contributed by atoms with van der Waals surface area (Å²) in [6.07, 6.45) is 2.44. The highest BCUT2D eigenvalue weighted by molar-refractivity contribution is 7.89. The molecule has 19 heavy (non-hydrogen) atoms. The van der Waals surface area contributed by atoms with Crippen LogP contribution in [0.4, 0.5) is 10.1 Å². The van der Waals surface area contributed by atoms with Crippen molar-refractivity contribution in [3.8, 4) is 0 Å². The molecule has 1 fully saturated rings. The zero-order valence-corrected chi connectivity index (χ0v) is 12.0. The zero-order chi connectivity index (χ0) is 14.2. The van der Waals surface area contributed by atoms with E-state index < -0.39 is 15.8 Å². The third-order valence-electron chi connectivity index (χ3n) is 3.65. The Bertz CT molecular complexity index is 554. The average molecular weight is 286 g/mol. The molecule has 0 spiro atoms. The molecule has 1 saturated heterocycles. The maximum atomic E-state index is 13.4. The van der Waals surface area contributed by atoms with Crippen molar-refractivity contribution in [2.75, 3.05) is 5.73 Å². The maximum Gasteiger partial charge on any atom is 0.243 e. The van der Waals surface area contributed by atoms with Crippen molar-refractivity contribution in [2.24, 2.45) is 0 Å². The van der Waals surface area contributed by atoms with Crippen LogP contribution in [0.25, 0.3) is 0 Å². The first-order valence-electron chi connectivity index (χ1n) is 6.46. The van der Waals surface area contributed by atoms with Crippen molar-refractivity contribution >= 4 is 15.7 Å². The first-order valence-corrected chi connectivity index (χ1v) is 7.90. The molecule has 0 bridgehead atoms. The van der Waals surface area contributed by atoms with E-state index in [-0.39, 0.29) is 22.7 Å². The first-order chi connectivity index (χ1) is 8.86. The molecule has 6 heteroatoms. The van der Waals surface area contributed by atoms with Crippen LogP contribution in [0.3, 0.4) is 0 Å². The van der Waals surface area contributed by atoms with Gasteiger partial charge in [-0.2, -0.15) is 4.31 Å². The second kappa shape index (κ2) is 5.09. The van der Waals surface area contributed by atoms with Crippen LogP contribution in [-0.2, 0) is 10.0 Å². The van der Waals surface area contributed by atoms with Gasteiger partial charge in [0.1, 0.15) is 5.82 Å². The number of sulfonamides is 1. The molecular weight excluding hydrogens is 267 g/mol. The van der Waals surface area contributed by atoms with E-state index in [1.165, 1.54) is 10.4 Å². The zero-order valence-electron chi connectivity index (χ0n) is 11.1. The third kappa shape index (κ3) is 2.60. The molecule has 1 aliphatic rings. The first kappa shape index (κ1) is 14.3. The molecule has 0 aliphatic carbocycles. The van der Waals surface area contributed by atoms with Gasteiger partial charge in [0, 0.05) is 17.8 Å². The van der Waals surface area contributed by atoms with Crippen LogP contribution in [0.5, 0.6) is 0 Å². The highest BCUT2D eigenvalue weighted by Crippen LogP contribution is 2.33. The van der Waals surface area contributed by atoms with Gasteiger partial charge in [-0.15, -0.1) is 0 Å². The number of rotatable bonds is 3. The maximum absolute atomic E-state index is 13.4. The smallest absolute Gasteiger partial charge is 0.243 e. The van der Waals surface area contributed by atoms with Crippen molar-refractivity contribution < 1.29 is 12.8 Å². The van der Waals surface area contributed by atoms with Gasteiger partial charge in [-0.1, -0.05) is 6.92 Å². The summed E-state index contributed by atoms with van der Waals surface area (Å²) in [6.45, 7) is 3.85. The molecule has 2 rings (SSSR count). The van der Waals surface area contributed by atoms with Gasteiger partial charge in [-0.25, -0.2) is 12.8 Å². The fourth-order valence-corrected chi connectivity index (χ4v) is 4.74. The number of nitrogen functional groups attached to an aromatic ring is 1. The molecule has 0 saturated carbocycles. The monoisotopic (exact) mass is 286 g/mol. The van der Waals surface area contributed by atoms with E-state index in [2.05, 4.69) is 0 Å². The third-order valence-corrected chi connectivity index (χ3v) is 5.70. The number of halogens is 1. The number of hydrogen-bond acceptors (Lipinski definition) is 3. The predicted molar refractivity (Wildman–Crippen MR) is 72.6 cm³/mol. The Balaban J connectivity index is 2.46. The lowest BCUT2D eigenvalue weighted by Gasteiger charge is -2.27. The molecule has 1 aliphatic heterocycles. The minimum Gasteiger partial charge on any atom is -0.399 e. The van der Waals surface area contributed by atoms with E-state index in [0.717, 1.165) is 31.4 Å². The van der Waals surface area contributed by atoms with Crippen LogP contribution >= 0.6 is 0 Å². The van der Waals surface area contributed by atoms with Crippen molar-refractivity contribution in [2.45, 2.75) is 50.1 Å². The lowest BCUT2D eigenvalue weighted by atomic mass is 10.2. The van der Waals surface area contributed by atoms with Crippen LogP contribution in [0.1, 0.15) is 33.1 Å². The molecule has 4 nitrogen and oxygen atoms in total. The summed E-state index contributed by atoms with van der Waals surface area (Å²) < 4.78 is 40.1.